The van der Waals surface area contributed by atoms with Crippen LogP contribution in [0, 0.1) is 0 Å². The molecule has 4 N–H and O–H groups in total. The van der Waals surface area contributed by atoms with Crippen LogP contribution in [0.25, 0.3) is 0 Å². The number of methoxy groups -OCH3 is 2. The maximum Gasteiger partial charge on any atom is 0.236 e. The number of ether oxygens (including phenoxy) is 2. The topological polar surface area (TPSA) is 135 Å². The number of carbonyl (C=O) groups excluding carboxylic acids is 4. The predicted octanol–water partition coefficient (Wildman–Crippen LogP) is 1.84. The Balaban J connectivity index is 2.02. The molecule has 4 amide bonds. The molecule has 2 aliphatic rings. The molecule has 190 valence electrons. The first-order chi connectivity index (χ1) is 17.2. The fraction of sp³-hybridized carbons (Fsp3) is 0.385. The molecule has 2 heterocycles. The van der Waals surface area contributed by atoms with E-state index in [1.165, 1.54) is 28.1 Å². The number of hydrogen-bond acceptors (Lipinski definition) is 6. The molecule has 0 spiro atoms. The van der Waals surface area contributed by atoms with E-state index in [0.717, 1.165) is 0 Å². The van der Waals surface area contributed by atoms with Crippen LogP contribution in [0.15, 0.2) is 36.4 Å². The molecule has 0 fully saturated rings. The first-order valence-corrected chi connectivity index (χ1v) is 11.7. The van der Waals surface area contributed by atoms with Gasteiger partial charge in [-0.3, -0.25) is 19.2 Å². The van der Waals surface area contributed by atoms with E-state index in [2.05, 4.69) is 21.3 Å². The highest BCUT2D eigenvalue weighted by Crippen LogP contribution is 2.59. The fourth-order valence-corrected chi connectivity index (χ4v) is 5.55. The maximum absolute atomic E-state index is 14.1. The fourth-order valence-electron chi connectivity index (χ4n) is 5.55. The van der Waals surface area contributed by atoms with Gasteiger partial charge in [-0.25, -0.2) is 0 Å². The van der Waals surface area contributed by atoms with E-state index in [0.29, 0.717) is 34.0 Å². The van der Waals surface area contributed by atoms with Crippen molar-refractivity contribution in [2.24, 2.45) is 0 Å². The first-order valence-electron chi connectivity index (χ1n) is 11.7. The number of anilines is 2. The Labute approximate surface area is 209 Å². The molecular formula is C26H30N4O6. The molecule has 0 saturated heterocycles. The van der Waals surface area contributed by atoms with Crippen molar-refractivity contribution in [1.29, 1.82) is 0 Å². The predicted molar refractivity (Wildman–Crippen MR) is 133 cm³/mol. The summed E-state index contributed by atoms with van der Waals surface area (Å²) in [6.45, 7) is 3.09. The molecule has 36 heavy (non-hydrogen) atoms. The molecule has 0 aliphatic carbocycles. The molecule has 0 saturated carbocycles. The highest BCUT2D eigenvalue weighted by Gasteiger charge is 2.67. The van der Waals surface area contributed by atoms with Crippen molar-refractivity contribution in [3.05, 3.63) is 47.5 Å². The van der Waals surface area contributed by atoms with Gasteiger partial charge in [-0.2, -0.15) is 0 Å². The highest BCUT2D eigenvalue weighted by atomic mass is 16.5. The molecule has 0 bridgehead atoms. The SMILES string of the molecule is COc1ccc2c(c1)C(CCNC(C)=O)(C1(CCNC(C)=O)C(=O)Nc3ccc(OC)cc31)C(=O)N2. The van der Waals surface area contributed by atoms with Gasteiger partial charge in [0.15, 0.2) is 0 Å². The zero-order chi connectivity index (χ0) is 26.1. The van der Waals surface area contributed by atoms with Crippen LogP contribution in [-0.2, 0) is 30.0 Å². The van der Waals surface area contributed by atoms with Crippen molar-refractivity contribution >= 4 is 35.0 Å². The van der Waals surface area contributed by atoms with E-state index < -0.39 is 10.8 Å². The molecule has 2 aromatic rings. The Morgan fingerprint density at radius 3 is 1.47 bits per heavy atom. The standard InChI is InChI=1S/C26H30N4O6/c1-15(31)27-11-9-25(19-13-17(35-3)5-7-21(19)29-23(25)33)26(10-12-28-16(2)32)20-14-18(36-4)6-8-22(20)30-24(26)34/h5-8,13-14H,9-12H2,1-4H3,(H,27,31)(H,28,32)(H,29,33)(H,30,34). The molecule has 10 nitrogen and oxygen atoms in total. The summed E-state index contributed by atoms with van der Waals surface area (Å²) in [5.41, 5.74) is -0.561. The van der Waals surface area contributed by atoms with Crippen LogP contribution in [-0.4, -0.2) is 50.9 Å². The molecule has 2 aliphatic heterocycles. The number of carbonyl (C=O) groups is 4. The Morgan fingerprint density at radius 2 is 1.14 bits per heavy atom. The molecular weight excluding hydrogens is 464 g/mol. The van der Waals surface area contributed by atoms with Gasteiger partial charge in [0.05, 0.1) is 25.0 Å². The number of benzene rings is 2. The molecule has 4 rings (SSSR count). The number of rotatable bonds is 9. The third kappa shape index (κ3) is 3.82. The van der Waals surface area contributed by atoms with Crippen LogP contribution in [0.4, 0.5) is 11.4 Å². The highest BCUT2D eigenvalue weighted by molar-refractivity contribution is 6.17. The lowest BCUT2D eigenvalue weighted by molar-refractivity contribution is -0.133. The minimum absolute atomic E-state index is 0.128. The average molecular weight is 495 g/mol. The van der Waals surface area contributed by atoms with E-state index in [4.69, 9.17) is 9.47 Å². The lowest BCUT2D eigenvalue weighted by Gasteiger charge is -2.44. The lowest BCUT2D eigenvalue weighted by atomic mass is 9.54. The molecule has 2 aromatic carbocycles. The van der Waals surface area contributed by atoms with Gasteiger partial charge in [-0.15, -0.1) is 0 Å². The number of nitrogens with one attached hydrogen (secondary N) is 4. The third-order valence-corrected chi connectivity index (χ3v) is 7.12. The molecule has 10 heteroatoms. The number of fused-ring (bicyclic) bond motifs is 2. The molecule has 0 radical (unpaired) electrons. The van der Waals surface area contributed by atoms with Gasteiger partial charge >= 0.3 is 0 Å². The minimum atomic E-state index is -1.43. The van der Waals surface area contributed by atoms with Crippen molar-refractivity contribution in [3.8, 4) is 11.5 Å². The largest absolute Gasteiger partial charge is 0.497 e. The van der Waals surface area contributed by atoms with Crippen molar-refractivity contribution in [2.45, 2.75) is 37.5 Å². The first kappa shape index (κ1) is 25.0. The summed E-state index contributed by atoms with van der Waals surface area (Å²) in [5.74, 6) is -0.195. The summed E-state index contributed by atoms with van der Waals surface area (Å²) in [6.07, 6.45) is 0.255. The van der Waals surface area contributed by atoms with Gasteiger partial charge < -0.3 is 30.7 Å². The molecule has 2 unspecified atom stereocenters. The van der Waals surface area contributed by atoms with Gasteiger partial charge in [-0.05, 0) is 60.4 Å². The molecule has 0 aromatic heterocycles. The van der Waals surface area contributed by atoms with Crippen LogP contribution in [0.1, 0.15) is 37.8 Å². The quantitative estimate of drug-likeness (QED) is 0.420. The van der Waals surface area contributed by atoms with Gasteiger partial charge in [-0.1, -0.05) is 0 Å². The van der Waals surface area contributed by atoms with Gasteiger partial charge in [0.25, 0.3) is 0 Å². The van der Waals surface area contributed by atoms with Crippen LogP contribution in [0.3, 0.4) is 0 Å². The summed E-state index contributed by atoms with van der Waals surface area (Å²) in [6, 6.07) is 10.5. The zero-order valence-electron chi connectivity index (χ0n) is 20.7. The summed E-state index contributed by atoms with van der Waals surface area (Å²) in [4.78, 5) is 51.7. The third-order valence-electron chi connectivity index (χ3n) is 7.12. The summed E-state index contributed by atoms with van der Waals surface area (Å²) >= 11 is 0. The van der Waals surface area contributed by atoms with E-state index in [-0.39, 0.29) is 49.6 Å². The second-order valence-electron chi connectivity index (χ2n) is 9.01. The van der Waals surface area contributed by atoms with E-state index in [1.54, 1.807) is 36.4 Å². The minimum Gasteiger partial charge on any atom is -0.497 e. The Bertz CT molecular complexity index is 1150. The smallest absolute Gasteiger partial charge is 0.236 e. The van der Waals surface area contributed by atoms with Crippen LogP contribution >= 0.6 is 0 Å². The second-order valence-corrected chi connectivity index (χ2v) is 9.01. The number of hydrogen-bond donors (Lipinski definition) is 4. The van der Waals surface area contributed by atoms with Crippen LogP contribution in [0.5, 0.6) is 11.5 Å². The van der Waals surface area contributed by atoms with E-state index >= 15 is 0 Å². The Kier molecular flexibility index (Phi) is 6.62. The summed E-state index contributed by atoms with van der Waals surface area (Å²) < 4.78 is 10.9. The summed E-state index contributed by atoms with van der Waals surface area (Å²) in [5, 5.41) is 11.5. The van der Waals surface area contributed by atoms with Crippen molar-refractivity contribution in [2.75, 3.05) is 37.9 Å². The lowest BCUT2D eigenvalue weighted by Crippen LogP contribution is -2.59. The monoisotopic (exact) mass is 494 g/mol. The van der Waals surface area contributed by atoms with Crippen LogP contribution < -0.4 is 30.7 Å². The van der Waals surface area contributed by atoms with Crippen molar-refractivity contribution in [3.63, 3.8) is 0 Å². The van der Waals surface area contributed by atoms with E-state index in [9.17, 15) is 19.2 Å². The normalized spacial score (nSPS) is 21.7. The van der Waals surface area contributed by atoms with Gasteiger partial charge in [0.2, 0.25) is 23.6 Å². The van der Waals surface area contributed by atoms with Gasteiger partial charge in [0, 0.05) is 38.3 Å². The van der Waals surface area contributed by atoms with Crippen LogP contribution in [0.2, 0.25) is 0 Å². The zero-order valence-corrected chi connectivity index (χ0v) is 20.7. The van der Waals surface area contributed by atoms with Crippen molar-refractivity contribution in [1.82, 2.24) is 10.6 Å². The Morgan fingerprint density at radius 1 is 0.750 bits per heavy atom. The Hall–Kier alpha value is -4.08. The average Bonchev–Trinajstić information content (AvgIpc) is 3.29. The summed E-state index contributed by atoms with van der Waals surface area (Å²) in [7, 11) is 3.06. The maximum atomic E-state index is 14.1. The van der Waals surface area contributed by atoms with Gasteiger partial charge in [0.1, 0.15) is 11.5 Å². The second kappa shape index (κ2) is 9.52. The molecule has 2 atom stereocenters. The number of amides is 4. The van der Waals surface area contributed by atoms with E-state index in [1.807, 2.05) is 0 Å². The van der Waals surface area contributed by atoms with Crippen molar-refractivity contribution < 1.29 is 28.7 Å².